The van der Waals surface area contributed by atoms with E-state index in [0.29, 0.717) is 49.0 Å². The number of aromatic nitrogens is 1. The molecule has 1 N–H and O–H groups in total. The lowest BCUT2D eigenvalue weighted by molar-refractivity contribution is -0.122. The normalized spacial score (nSPS) is 14.4. The highest BCUT2D eigenvalue weighted by Gasteiger charge is 2.26. The summed E-state index contributed by atoms with van der Waals surface area (Å²) in [6, 6.07) is 13.2. The first-order valence-corrected chi connectivity index (χ1v) is 10.9. The molecule has 0 spiro atoms. The zero-order chi connectivity index (χ0) is 22.5. The Kier molecular flexibility index (Phi) is 6.85. The van der Waals surface area contributed by atoms with Crippen molar-refractivity contribution >= 4 is 23.4 Å². The largest absolute Gasteiger partial charge is 0.441 e. The molecule has 32 heavy (non-hydrogen) atoms. The molecule has 1 aromatic heterocycles. The minimum Gasteiger partial charge on any atom is -0.441 e. The van der Waals surface area contributed by atoms with Gasteiger partial charge in [-0.1, -0.05) is 23.7 Å². The molecule has 1 saturated heterocycles. The molecule has 8 heteroatoms. The van der Waals surface area contributed by atoms with Gasteiger partial charge in [0, 0.05) is 42.6 Å². The van der Waals surface area contributed by atoms with Crippen molar-refractivity contribution in [3.05, 3.63) is 77.0 Å². The number of rotatable bonds is 6. The van der Waals surface area contributed by atoms with Crippen LogP contribution in [0.5, 0.6) is 0 Å². The second-order valence-corrected chi connectivity index (χ2v) is 8.18. The molecular weight excluding hydrogens is 433 g/mol. The number of halogens is 2. The lowest BCUT2D eigenvalue weighted by atomic mass is 10.0. The first kappa shape index (κ1) is 22.0. The van der Waals surface area contributed by atoms with Gasteiger partial charge in [-0.25, -0.2) is 9.37 Å². The molecule has 0 atom stereocenters. The smallest absolute Gasteiger partial charge is 0.256 e. The summed E-state index contributed by atoms with van der Waals surface area (Å²) < 4.78 is 19.6. The van der Waals surface area contributed by atoms with Gasteiger partial charge in [0.05, 0.1) is 11.8 Å². The van der Waals surface area contributed by atoms with Crippen molar-refractivity contribution in [1.29, 1.82) is 0 Å². The summed E-state index contributed by atoms with van der Waals surface area (Å²) in [4.78, 5) is 30.7. The van der Waals surface area contributed by atoms with Crippen LogP contribution < -0.4 is 5.32 Å². The van der Waals surface area contributed by atoms with E-state index in [-0.39, 0.29) is 29.8 Å². The number of nitrogens with one attached hydrogen (secondary N) is 1. The number of carbonyl (C=O) groups is 2. The monoisotopic (exact) mass is 455 g/mol. The van der Waals surface area contributed by atoms with Crippen LogP contribution in [0, 0.1) is 5.82 Å². The average Bonchev–Trinajstić information content (AvgIpc) is 3.28. The summed E-state index contributed by atoms with van der Waals surface area (Å²) in [5, 5.41) is 3.66. The average molecular weight is 456 g/mol. The van der Waals surface area contributed by atoms with Crippen LogP contribution in [0.3, 0.4) is 0 Å². The molecule has 6 nitrogen and oxygen atoms in total. The molecule has 4 rings (SSSR count). The summed E-state index contributed by atoms with van der Waals surface area (Å²) in [5.41, 5.74) is 0.952. The Balaban J connectivity index is 1.22. The molecular formula is C24H23ClFN3O3. The van der Waals surface area contributed by atoms with Gasteiger partial charge >= 0.3 is 0 Å². The molecule has 0 saturated carbocycles. The quantitative estimate of drug-likeness (QED) is 0.594. The standard InChI is InChI=1S/C24H23ClFN3O3/c25-17-7-5-16(6-8-17)21-15-27-23(32-21)10-9-22(30)28-18-11-13-29(14-12-18)24(31)19-3-1-2-4-20(19)26/h1-8,15,18H,9-14H2,(H,28,30). The molecule has 2 amide bonds. The van der Waals surface area contributed by atoms with Crippen molar-refractivity contribution in [1.82, 2.24) is 15.2 Å². The van der Waals surface area contributed by atoms with E-state index in [9.17, 15) is 14.0 Å². The van der Waals surface area contributed by atoms with E-state index in [1.165, 1.54) is 12.1 Å². The fourth-order valence-electron chi connectivity index (χ4n) is 3.73. The van der Waals surface area contributed by atoms with Crippen LogP contribution in [0.1, 0.15) is 35.5 Å². The fraction of sp³-hybridized carbons (Fsp3) is 0.292. The van der Waals surface area contributed by atoms with Gasteiger partial charge in [0.2, 0.25) is 5.91 Å². The number of amides is 2. The Morgan fingerprint density at radius 2 is 1.84 bits per heavy atom. The van der Waals surface area contributed by atoms with Gasteiger partial charge in [-0.2, -0.15) is 0 Å². The molecule has 1 aliphatic rings. The molecule has 1 aliphatic heterocycles. The number of oxazole rings is 1. The van der Waals surface area contributed by atoms with Crippen LogP contribution in [-0.4, -0.2) is 40.8 Å². The Morgan fingerprint density at radius 1 is 1.12 bits per heavy atom. The van der Waals surface area contributed by atoms with Crippen LogP contribution >= 0.6 is 11.6 Å². The number of carbonyl (C=O) groups excluding carboxylic acids is 2. The third-order valence-corrected chi connectivity index (χ3v) is 5.75. The molecule has 0 bridgehead atoms. The van der Waals surface area contributed by atoms with Gasteiger partial charge in [0.15, 0.2) is 11.7 Å². The van der Waals surface area contributed by atoms with Gasteiger partial charge in [-0.3, -0.25) is 9.59 Å². The molecule has 2 aromatic carbocycles. The summed E-state index contributed by atoms with van der Waals surface area (Å²) in [6.07, 6.45) is 3.55. The second-order valence-electron chi connectivity index (χ2n) is 7.74. The zero-order valence-corrected chi connectivity index (χ0v) is 18.1. The number of benzene rings is 2. The Morgan fingerprint density at radius 3 is 2.56 bits per heavy atom. The van der Waals surface area contributed by atoms with Gasteiger partial charge in [0.1, 0.15) is 5.82 Å². The van der Waals surface area contributed by atoms with E-state index in [1.54, 1.807) is 35.4 Å². The lowest BCUT2D eigenvalue weighted by Gasteiger charge is -2.32. The molecule has 1 fully saturated rings. The maximum atomic E-state index is 13.9. The van der Waals surface area contributed by atoms with E-state index in [0.717, 1.165) is 5.56 Å². The summed E-state index contributed by atoms with van der Waals surface area (Å²) in [7, 11) is 0. The van der Waals surface area contributed by atoms with E-state index < -0.39 is 5.82 Å². The predicted molar refractivity (Wildman–Crippen MR) is 119 cm³/mol. The molecule has 0 radical (unpaired) electrons. The predicted octanol–water partition coefficient (Wildman–Crippen LogP) is 4.49. The zero-order valence-electron chi connectivity index (χ0n) is 17.4. The van der Waals surface area contributed by atoms with Crippen molar-refractivity contribution in [2.45, 2.75) is 31.7 Å². The van der Waals surface area contributed by atoms with Crippen LogP contribution in [0.4, 0.5) is 4.39 Å². The molecule has 166 valence electrons. The first-order valence-electron chi connectivity index (χ1n) is 10.5. The Hall–Kier alpha value is -3.19. The highest BCUT2D eigenvalue weighted by Crippen LogP contribution is 2.23. The summed E-state index contributed by atoms with van der Waals surface area (Å²) in [6.45, 7) is 0.949. The molecule has 0 unspecified atom stereocenters. The lowest BCUT2D eigenvalue weighted by Crippen LogP contribution is -2.46. The summed E-state index contributed by atoms with van der Waals surface area (Å²) >= 11 is 5.90. The van der Waals surface area contributed by atoms with Gasteiger partial charge in [-0.05, 0) is 49.2 Å². The van der Waals surface area contributed by atoms with Gasteiger partial charge in [0.25, 0.3) is 5.91 Å². The minimum atomic E-state index is -0.515. The summed E-state index contributed by atoms with van der Waals surface area (Å²) in [5.74, 6) is 0.210. The second kappa shape index (κ2) is 9.96. The number of likely N-dealkylation sites (tertiary alicyclic amines) is 1. The van der Waals surface area contributed by atoms with Crippen molar-refractivity contribution in [2.75, 3.05) is 13.1 Å². The Labute approximate surface area is 190 Å². The SMILES string of the molecule is O=C(CCc1ncc(-c2ccc(Cl)cc2)o1)NC1CCN(C(=O)c2ccccc2F)CC1. The third kappa shape index (κ3) is 5.34. The molecule has 3 aromatic rings. The third-order valence-electron chi connectivity index (χ3n) is 5.50. The molecule has 2 heterocycles. The number of nitrogens with zero attached hydrogens (tertiary/aromatic N) is 2. The van der Waals surface area contributed by atoms with Crippen LogP contribution in [0.25, 0.3) is 11.3 Å². The van der Waals surface area contributed by atoms with Crippen molar-refractivity contribution in [3.8, 4) is 11.3 Å². The van der Waals surface area contributed by atoms with Crippen molar-refractivity contribution in [2.24, 2.45) is 0 Å². The van der Waals surface area contributed by atoms with Gasteiger partial charge < -0.3 is 14.6 Å². The first-order chi connectivity index (χ1) is 15.5. The van der Waals surface area contributed by atoms with Crippen molar-refractivity contribution in [3.63, 3.8) is 0 Å². The van der Waals surface area contributed by atoms with E-state index in [1.807, 2.05) is 12.1 Å². The highest BCUT2D eigenvalue weighted by atomic mass is 35.5. The Bertz CT molecular complexity index is 1090. The number of piperidine rings is 1. The van der Waals surface area contributed by atoms with Crippen LogP contribution in [-0.2, 0) is 11.2 Å². The number of hydrogen-bond donors (Lipinski definition) is 1. The molecule has 0 aliphatic carbocycles. The maximum Gasteiger partial charge on any atom is 0.256 e. The number of aryl methyl sites for hydroxylation is 1. The highest BCUT2D eigenvalue weighted by molar-refractivity contribution is 6.30. The van der Waals surface area contributed by atoms with Crippen LogP contribution in [0.2, 0.25) is 5.02 Å². The van der Waals surface area contributed by atoms with E-state index in [2.05, 4.69) is 10.3 Å². The van der Waals surface area contributed by atoms with E-state index >= 15 is 0 Å². The van der Waals surface area contributed by atoms with E-state index in [4.69, 9.17) is 16.0 Å². The van der Waals surface area contributed by atoms with Gasteiger partial charge in [-0.15, -0.1) is 0 Å². The van der Waals surface area contributed by atoms with Crippen LogP contribution in [0.15, 0.2) is 59.1 Å². The fourth-order valence-corrected chi connectivity index (χ4v) is 3.85. The number of hydrogen-bond acceptors (Lipinski definition) is 4. The minimum absolute atomic E-state index is 0.0126. The van der Waals surface area contributed by atoms with Crippen molar-refractivity contribution < 1.29 is 18.4 Å². The maximum absolute atomic E-state index is 13.9. The topological polar surface area (TPSA) is 75.4 Å².